The molecule has 0 aliphatic carbocycles. The molecule has 1 aromatic heterocycles. The van der Waals surface area contributed by atoms with Crippen molar-refractivity contribution in [1.29, 1.82) is 0 Å². The molecule has 3 aliphatic rings. The van der Waals surface area contributed by atoms with Crippen molar-refractivity contribution in [2.45, 2.75) is 51.4 Å². The van der Waals surface area contributed by atoms with Crippen molar-refractivity contribution in [3.05, 3.63) is 17.5 Å². The van der Waals surface area contributed by atoms with Crippen LogP contribution in [-0.2, 0) is 9.53 Å². The average molecular weight is 319 g/mol. The number of nitrogens with zero attached hydrogens (tertiary/aromatic N) is 3. The lowest BCUT2D eigenvalue weighted by molar-refractivity contribution is -0.139. The molecule has 3 aliphatic heterocycles. The highest BCUT2D eigenvalue weighted by Crippen LogP contribution is 2.49. The van der Waals surface area contributed by atoms with Gasteiger partial charge in [0.25, 0.3) is 5.91 Å². The van der Waals surface area contributed by atoms with Crippen molar-refractivity contribution in [2.75, 3.05) is 13.2 Å². The Bertz CT molecular complexity index is 670. The minimum Gasteiger partial charge on any atom is -0.351 e. The topological polar surface area (TPSA) is 75.9 Å². The van der Waals surface area contributed by atoms with E-state index in [-0.39, 0.29) is 29.7 Å². The number of carbonyl (C=O) groups excluding carboxylic acids is 2. The monoisotopic (exact) mass is 319 g/mol. The molecule has 3 atom stereocenters. The molecule has 2 amide bonds. The van der Waals surface area contributed by atoms with E-state index in [1.54, 1.807) is 17.9 Å². The molecule has 1 aromatic rings. The van der Waals surface area contributed by atoms with Crippen molar-refractivity contribution in [3.8, 4) is 0 Å². The molecule has 7 nitrogen and oxygen atoms in total. The molecule has 0 unspecified atom stereocenters. The quantitative estimate of drug-likeness (QED) is 0.818. The Morgan fingerprint density at radius 2 is 2.26 bits per heavy atom. The van der Waals surface area contributed by atoms with E-state index >= 15 is 0 Å². The van der Waals surface area contributed by atoms with Crippen molar-refractivity contribution in [3.63, 3.8) is 0 Å². The number of likely N-dealkylation sites (tertiary alicyclic amines) is 1. The molecule has 0 radical (unpaired) electrons. The number of carbonyl (C=O) groups is 2. The second kappa shape index (κ2) is 4.80. The van der Waals surface area contributed by atoms with Crippen LogP contribution in [0.15, 0.2) is 10.6 Å². The van der Waals surface area contributed by atoms with Gasteiger partial charge in [-0.2, -0.15) is 0 Å². The number of amides is 2. The summed E-state index contributed by atoms with van der Waals surface area (Å²) in [7, 11) is 0. The van der Waals surface area contributed by atoms with Crippen LogP contribution in [0.3, 0.4) is 0 Å². The van der Waals surface area contributed by atoms with Gasteiger partial charge in [-0.15, -0.1) is 0 Å². The van der Waals surface area contributed by atoms with Crippen LogP contribution in [0.25, 0.3) is 0 Å². The Labute approximate surface area is 134 Å². The Morgan fingerprint density at radius 3 is 2.91 bits per heavy atom. The number of aromatic nitrogens is 1. The minimum absolute atomic E-state index is 0.0810. The van der Waals surface area contributed by atoms with E-state index < -0.39 is 5.72 Å². The van der Waals surface area contributed by atoms with Crippen LogP contribution >= 0.6 is 0 Å². The Morgan fingerprint density at radius 1 is 1.48 bits per heavy atom. The fourth-order valence-electron chi connectivity index (χ4n) is 4.22. The highest BCUT2D eigenvalue weighted by Gasteiger charge is 2.65. The summed E-state index contributed by atoms with van der Waals surface area (Å²) < 4.78 is 11.2. The van der Waals surface area contributed by atoms with Crippen molar-refractivity contribution < 1.29 is 18.8 Å². The Balaban J connectivity index is 1.64. The van der Waals surface area contributed by atoms with Crippen LogP contribution in [0, 0.1) is 12.8 Å². The van der Waals surface area contributed by atoms with Crippen molar-refractivity contribution in [1.82, 2.24) is 15.0 Å². The molecule has 4 heterocycles. The van der Waals surface area contributed by atoms with E-state index in [1.165, 1.54) is 0 Å². The lowest BCUT2D eigenvalue weighted by atomic mass is 10.0. The number of rotatable bonds is 2. The zero-order valence-corrected chi connectivity index (χ0v) is 13.6. The zero-order valence-electron chi connectivity index (χ0n) is 13.6. The van der Waals surface area contributed by atoms with Crippen LogP contribution in [-0.4, -0.2) is 57.7 Å². The fourth-order valence-corrected chi connectivity index (χ4v) is 4.22. The second-order valence-electron chi connectivity index (χ2n) is 7.03. The predicted octanol–water partition coefficient (Wildman–Crippen LogP) is 1.18. The summed E-state index contributed by atoms with van der Waals surface area (Å²) in [6, 6.07) is 1.49. The van der Waals surface area contributed by atoms with Gasteiger partial charge in [-0.1, -0.05) is 19.0 Å². The fraction of sp³-hybridized carbons (Fsp3) is 0.688. The first-order valence-electron chi connectivity index (χ1n) is 8.14. The molecule has 0 saturated carbocycles. The minimum atomic E-state index is -0.642. The van der Waals surface area contributed by atoms with E-state index in [0.29, 0.717) is 37.6 Å². The smallest absolute Gasteiger partial charge is 0.292 e. The molecule has 7 heteroatoms. The number of hydrogen-bond donors (Lipinski definition) is 0. The summed E-state index contributed by atoms with van der Waals surface area (Å²) in [5.41, 5.74) is 0.0277. The van der Waals surface area contributed by atoms with Crippen LogP contribution in [0.2, 0.25) is 0 Å². The van der Waals surface area contributed by atoms with Crippen LogP contribution in [0.4, 0.5) is 0 Å². The lowest BCUT2D eigenvalue weighted by Crippen LogP contribution is -2.51. The van der Waals surface area contributed by atoms with Crippen molar-refractivity contribution in [2.24, 2.45) is 5.92 Å². The highest BCUT2D eigenvalue weighted by molar-refractivity contribution is 5.93. The summed E-state index contributed by atoms with van der Waals surface area (Å²) in [5, 5.41) is 3.78. The van der Waals surface area contributed by atoms with E-state index in [2.05, 4.69) is 19.0 Å². The van der Waals surface area contributed by atoms with Gasteiger partial charge in [-0.25, -0.2) is 0 Å². The van der Waals surface area contributed by atoms with Gasteiger partial charge in [-0.3, -0.25) is 9.59 Å². The molecule has 1 spiro atoms. The SMILES string of the molecule is Cc1cc(C(=O)N2CC[C@@]34OC[C@@H](C(C)C)N3C(=O)C[C@@H]24)on1. The van der Waals surface area contributed by atoms with Gasteiger partial charge < -0.3 is 19.1 Å². The van der Waals surface area contributed by atoms with Crippen LogP contribution in [0.5, 0.6) is 0 Å². The average Bonchev–Trinajstić information content (AvgIpc) is 3.21. The number of hydrogen-bond acceptors (Lipinski definition) is 5. The van der Waals surface area contributed by atoms with Crippen LogP contribution in [0.1, 0.15) is 42.9 Å². The first-order valence-corrected chi connectivity index (χ1v) is 8.14. The van der Waals surface area contributed by atoms with Gasteiger partial charge in [0.15, 0.2) is 5.72 Å². The van der Waals surface area contributed by atoms with Gasteiger partial charge in [0, 0.05) is 19.0 Å². The molecule has 23 heavy (non-hydrogen) atoms. The molecular formula is C16H21N3O4. The van der Waals surface area contributed by atoms with E-state index in [4.69, 9.17) is 9.26 Å². The standard InChI is InChI=1S/C16H21N3O4/c1-9(2)11-8-22-16-4-5-18(13(16)7-14(20)19(11)16)15(21)12-6-10(3)17-23-12/h6,9,11,13H,4-5,7-8H2,1-3H3/t11-,13+,16-/m0/s1. The molecular weight excluding hydrogens is 298 g/mol. The third-order valence-corrected chi connectivity index (χ3v) is 5.36. The van der Waals surface area contributed by atoms with Crippen molar-refractivity contribution >= 4 is 11.8 Å². The highest BCUT2D eigenvalue weighted by atomic mass is 16.5. The molecule has 4 rings (SSSR count). The normalized spacial score (nSPS) is 32.8. The summed E-state index contributed by atoms with van der Waals surface area (Å²) in [4.78, 5) is 28.9. The Hall–Kier alpha value is -1.89. The predicted molar refractivity (Wildman–Crippen MR) is 79.5 cm³/mol. The van der Waals surface area contributed by atoms with E-state index in [9.17, 15) is 9.59 Å². The molecule has 3 fully saturated rings. The van der Waals surface area contributed by atoms with Gasteiger partial charge in [-0.05, 0) is 12.8 Å². The maximum atomic E-state index is 12.7. The van der Waals surface area contributed by atoms with Gasteiger partial charge >= 0.3 is 0 Å². The third-order valence-electron chi connectivity index (χ3n) is 5.36. The third kappa shape index (κ3) is 1.89. The van der Waals surface area contributed by atoms with Gasteiger partial charge in [0.2, 0.25) is 11.7 Å². The molecule has 0 N–H and O–H groups in total. The molecule has 0 aromatic carbocycles. The maximum absolute atomic E-state index is 12.7. The summed E-state index contributed by atoms with van der Waals surface area (Å²) >= 11 is 0. The first-order chi connectivity index (χ1) is 10.9. The zero-order chi connectivity index (χ0) is 16.4. The molecule has 0 bridgehead atoms. The second-order valence-corrected chi connectivity index (χ2v) is 7.03. The lowest BCUT2D eigenvalue weighted by Gasteiger charge is -2.34. The maximum Gasteiger partial charge on any atom is 0.292 e. The van der Waals surface area contributed by atoms with Gasteiger partial charge in [0.05, 0.1) is 30.8 Å². The van der Waals surface area contributed by atoms with E-state index in [0.717, 1.165) is 0 Å². The largest absolute Gasteiger partial charge is 0.351 e. The number of aryl methyl sites for hydroxylation is 1. The van der Waals surface area contributed by atoms with E-state index in [1.807, 2.05) is 4.90 Å². The summed E-state index contributed by atoms with van der Waals surface area (Å²) in [6.45, 7) is 7.09. The summed E-state index contributed by atoms with van der Waals surface area (Å²) in [6.07, 6.45) is 0.980. The summed E-state index contributed by atoms with van der Waals surface area (Å²) in [5.74, 6) is 0.429. The van der Waals surface area contributed by atoms with Crippen LogP contribution < -0.4 is 0 Å². The first kappa shape index (κ1) is 14.7. The van der Waals surface area contributed by atoms with Gasteiger partial charge in [0.1, 0.15) is 0 Å². The molecule has 3 saturated heterocycles. The number of ether oxygens (including phenoxy) is 1. The Kier molecular flexibility index (Phi) is 3.07. The molecule has 124 valence electrons.